The fraction of sp³-hybridized carbons (Fsp3) is 0.778. The molecule has 1 aliphatic heterocycles. The van der Waals surface area contributed by atoms with E-state index in [0.29, 0.717) is 0 Å². The highest BCUT2D eigenvalue weighted by molar-refractivity contribution is 6.60. The van der Waals surface area contributed by atoms with Crippen molar-refractivity contribution in [1.82, 2.24) is 0 Å². The Hall–Kier alpha value is -0.163. The lowest BCUT2D eigenvalue weighted by molar-refractivity contribution is -0.0713. The van der Waals surface area contributed by atoms with Gasteiger partial charge in [-0.25, -0.2) is 0 Å². The predicted molar refractivity (Wildman–Crippen MR) is 54.1 cm³/mol. The van der Waals surface area contributed by atoms with Crippen molar-refractivity contribution in [1.29, 1.82) is 0 Å². The summed E-state index contributed by atoms with van der Waals surface area (Å²) in [6.45, 7) is 4.89. The monoisotopic (exact) mass is 202 g/mol. The molecule has 1 heterocycles. The third-order valence-corrected chi connectivity index (χ3v) is 4.99. The SMILES string of the molecule is C=C(C(OC)OC)[SiH]1CCCCO1. The Morgan fingerprint density at radius 3 is 2.54 bits per heavy atom. The van der Waals surface area contributed by atoms with Crippen LogP contribution < -0.4 is 0 Å². The largest absolute Gasteiger partial charge is 0.416 e. The van der Waals surface area contributed by atoms with Gasteiger partial charge in [-0.2, -0.15) is 0 Å². The second kappa shape index (κ2) is 5.54. The van der Waals surface area contributed by atoms with Crippen molar-refractivity contribution in [3.63, 3.8) is 0 Å². The Kier molecular flexibility index (Phi) is 4.65. The fourth-order valence-electron chi connectivity index (χ4n) is 1.58. The van der Waals surface area contributed by atoms with Gasteiger partial charge in [-0.15, -0.1) is 0 Å². The van der Waals surface area contributed by atoms with Gasteiger partial charge in [0.25, 0.3) is 0 Å². The average Bonchev–Trinajstić information content (AvgIpc) is 2.21. The van der Waals surface area contributed by atoms with E-state index in [1.54, 1.807) is 14.2 Å². The van der Waals surface area contributed by atoms with E-state index in [4.69, 9.17) is 13.9 Å². The highest BCUT2D eigenvalue weighted by Crippen LogP contribution is 2.19. The Labute approximate surface area is 81.4 Å². The van der Waals surface area contributed by atoms with Crippen molar-refractivity contribution in [2.24, 2.45) is 0 Å². The summed E-state index contributed by atoms with van der Waals surface area (Å²) < 4.78 is 16.0. The Morgan fingerprint density at radius 1 is 1.38 bits per heavy atom. The maximum Gasteiger partial charge on any atom is 0.208 e. The highest BCUT2D eigenvalue weighted by Gasteiger charge is 2.25. The summed E-state index contributed by atoms with van der Waals surface area (Å²) in [5.74, 6) is 0. The molecule has 0 N–H and O–H groups in total. The molecule has 1 saturated heterocycles. The minimum absolute atomic E-state index is 0.269. The molecule has 1 unspecified atom stereocenters. The molecule has 1 atom stereocenters. The summed E-state index contributed by atoms with van der Waals surface area (Å²) in [7, 11) is 2.01. The molecular weight excluding hydrogens is 184 g/mol. The molecule has 0 spiro atoms. The van der Waals surface area contributed by atoms with Crippen LogP contribution in [-0.2, 0) is 13.9 Å². The molecule has 0 aromatic heterocycles. The fourth-order valence-corrected chi connectivity index (χ4v) is 4.02. The van der Waals surface area contributed by atoms with Gasteiger partial charge in [-0.1, -0.05) is 13.0 Å². The number of rotatable bonds is 4. The molecule has 0 amide bonds. The highest BCUT2D eigenvalue weighted by atomic mass is 28.3. The maximum atomic E-state index is 5.70. The number of hydrogen-bond donors (Lipinski definition) is 0. The van der Waals surface area contributed by atoms with Crippen LogP contribution >= 0.6 is 0 Å². The van der Waals surface area contributed by atoms with Gasteiger partial charge in [0.1, 0.15) is 0 Å². The Balaban J connectivity index is 2.44. The van der Waals surface area contributed by atoms with Crippen LogP contribution in [0.2, 0.25) is 6.04 Å². The van der Waals surface area contributed by atoms with Gasteiger partial charge in [-0.3, -0.25) is 0 Å². The van der Waals surface area contributed by atoms with Gasteiger partial charge < -0.3 is 13.9 Å². The molecule has 1 rings (SSSR count). The summed E-state index contributed by atoms with van der Waals surface area (Å²) in [5.41, 5.74) is 0. The Morgan fingerprint density at radius 2 is 2.08 bits per heavy atom. The summed E-state index contributed by atoms with van der Waals surface area (Å²) in [5, 5.41) is 1.03. The van der Waals surface area contributed by atoms with E-state index in [-0.39, 0.29) is 6.29 Å². The average molecular weight is 202 g/mol. The lowest BCUT2D eigenvalue weighted by Crippen LogP contribution is -2.33. The zero-order valence-corrected chi connectivity index (χ0v) is 9.57. The Bertz CT molecular complexity index is 162. The molecule has 0 bridgehead atoms. The molecule has 1 fully saturated rings. The van der Waals surface area contributed by atoms with E-state index in [9.17, 15) is 0 Å². The van der Waals surface area contributed by atoms with Crippen molar-refractivity contribution in [3.05, 3.63) is 11.8 Å². The summed E-state index contributed by atoms with van der Waals surface area (Å²) in [6, 6.07) is 1.17. The van der Waals surface area contributed by atoms with Crippen molar-refractivity contribution in [2.75, 3.05) is 20.8 Å². The summed E-state index contributed by atoms with van der Waals surface area (Å²) in [4.78, 5) is 0. The van der Waals surface area contributed by atoms with Gasteiger partial charge in [0.05, 0.1) is 0 Å². The van der Waals surface area contributed by atoms with Crippen molar-refractivity contribution in [2.45, 2.75) is 25.2 Å². The smallest absolute Gasteiger partial charge is 0.208 e. The first-order chi connectivity index (χ1) is 6.29. The van der Waals surface area contributed by atoms with Crippen LogP contribution in [0.4, 0.5) is 0 Å². The minimum atomic E-state index is -1.26. The van der Waals surface area contributed by atoms with E-state index in [1.165, 1.54) is 18.9 Å². The normalized spacial score (nSPS) is 23.5. The van der Waals surface area contributed by atoms with Crippen LogP contribution in [0.25, 0.3) is 0 Å². The van der Waals surface area contributed by atoms with Gasteiger partial charge in [0.2, 0.25) is 9.04 Å². The van der Waals surface area contributed by atoms with Crippen LogP contribution in [0.15, 0.2) is 11.8 Å². The lowest BCUT2D eigenvalue weighted by atomic mass is 10.4. The van der Waals surface area contributed by atoms with E-state index in [2.05, 4.69) is 6.58 Å². The van der Waals surface area contributed by atoms with Gasteiger partial charge in [0.15, 0.2) is 6.29 Å². The second-order valence-electron chi connectivity index (χ2n) is 3.23. The molecular formula is C9H18O3Si. The third-order valence-electron chi connectivity index (χ3n) is 2.32. The van der Waals surface area contributed by atoms with E-state index in [0.717, 1.165) is 11.8 Å². The number of ether oxygens (including phenoxy) is 2. The van der Waals surface area contributed by atoms with Crippen molar-refractivity contribution < 1.29 is 13.9 Å². The number of hydrogen-bond acceptors (Lipinski definition) is 3. The zero-order chi connectivity index (χ0) is 9.68. The molecule has 76 valence electrons. The first-order valence-electron chi connectivity index (χ1n) is 4.65. The molecule has 0 radical (unpaired) electrons. The van der Waals surface area contributed by atoms with Crippen LogP contribution in [0, 0.1) is 0 Å². The second-order valence-corrected chi connectivity index (χ2v) is 5.86. The zero-order valence-electron chi connectivity index (χ0n) is 8.41. The standard InChI is InChI=1S/C9H18O3Si/c1-8(9(10-2)11-3)13-7-5-4-6-12-13/h9,13H,1,4-7H2,2-3H3. The van der Waals surface area contributed by atoms with Crippen LogP contribution in [-0.4, -0.2) is 36.2 Å². The van der Waals surface area contributed by atoms with E-state index < -0.39 is 9.04 Å². The van der Waals surface area contributed by atoms with Crippen LogP contribution in [0.5, 0.6) is 0 Å². The molecule has 0 aliphatic carbocycles. The minimum Gasteiger partial charge on any atom is -0.416 e. The maximum absolute atomic E-state index is 5.70. The number of methoxy groups -OCH3 is 2. The third kappa shape index (κ3) is 2.91. The molecule has 1 aliphatic rings. The van der Waals surface area contributed by atoms with Crippen LogP contribution in [0.1, 0.15) is 12.8 Å². The molecule has 0 aromatic rings. The van der Waals surface area contributed by atoms with Crippen molar-refractivity contribution >= 4 is 9.04 Å². The summed E-state index contributed by atoms with van der Waals surface area (Å²) in [6.07, 6.45) is 2.17. The van der Waals surface area contributed by atoms with E-state index in [1.807, 2.05) is 0 Å². The topological polar surface area (TPSA) is 27.7 Å². The molecule has 3 nitrogen and oxygen atoms in total. The van der Waals surface area contributed by atoms with Crippen LogP contribution in [0.3, 0.4) is 0 Å². The lowest BCUT2D eigenvalue weighted by Gasteiger charge is -2.26. The predicted octanol–water partition coefficient (Wildman–Crippen LogP) is 1.23. The molecule has 13 heavy (non-hydrogen) atoms. The first kappa shape index (κ1) is 10.9. The van der Waals surface area contributed by atoms with Gasteiger partial charge >= 0.3 is 0 Å². The van der Waals surface area contributed by atoms with Gasteiger partial charge in [0, 0.05) is 20.8 Å². The van der Waals surface area contributed by atoms with E-state index >= 15 is 0 Å². The van der Waals surface area contributed by atoms with Gasteiger partial charge in [-0.05, 0) is 17.7 Å². The first-order valence-corrected chi connectivity index (χ1v) is 6.52. The summed E-state index contributed by atoms with van der Waals surface area (Å²) >= 11 is 0. The molecule has 4 heteroatoms. The molecule has 0 aromatic carbocycles. The molecule has 0 saturated carbocycles. The van der Waals surface area contributed by atoms with Crippen molar-refractivity contribution in [3.8, 4) is 0 Å². The quantitative estimate of drug-likeness (QED) is 0.507.